The van der Waals surface area contributed by atoms with Crippen LogP contribution in [0.3, 0.4) is 0 Å². The maximum Gasteiger partial charge on any atom is 0.273 e. The molecule has 0 aliphatic heterocycles. The lowest BCUT2D eigenvalue weighted by Gasteiger charge is -2.18. The quantitative estimate of drug-likeness (QED) is 0.743. The Balaban J connectivity index is 2.90. The largest absolute Gasteiger partial charge is 0.368 e. The molecule has 1 aromatic rings. The predicted molar refractivity (Wildman–Crippen MR) is 66.2 cm³/mol. The van der Waals surface area contributed by atoms with Gasteiger partial charge >= 0.3 is 0 Å². The van der Waals surface area contributed by atoms with E-state index in [1.165, 1.54) is 12.3 Å². The highest BCUT2D eigenvalue weighted by Gasteiger charge is 2.20. The van der Waals surface area contributed by atoms with E-state index in [4.69, 9.17) is 11.5 Å². The van der Waals surface area contributed by atoms with Gasteiger partial charge in [0.25, 0.3) is 5.91 Å². The summed E-state index contributed by atoms with van der Waals surface area (Å²) in [7, 11) is 0. The average molecular weight is 315 g/mol. The van der Waals surface area contributed by atoms with Crippen LogP contribution >= 0.6 is 15.9 Å². The van der Waals surface area contributed by atoms with E-state index < -0.39 is 17.7 Å². The van der Waals surface area contributed by atoms with Gasteiger partial charge in [0.15, 0.2) is 0 Å². The Morgan fingerprint density at radius 3 is 2.11 bits per heavy atom. The molecular formula is C10H11BrN4O3. The third-order valence-corrected chi connectivity index (χ3v) is 2.40. The number of carbonyl (C=O) groups excluding carboxylic acids is 3. The predicted octanol–water partition coefficient (Wildman–Crippen LogP) is -0.743. The lowest BCUT2D eigenvalue weighted by Crippen LogP contribution is -2.43. The van der Waals surface area contributed by atoms with Crippen molar-refractivity contribution >= 4 is 33.7 Å². The van der Waals surface area contributed by atoms with Crippen molar-refractivity contribution in [3.05, 3.63) is 28.5 Å². The van der Waals surface area contributed by atoms with Crippen LogP contribution < -0.4 is 11.5 Å². The second kappa shape index (κ2) is 6.10. The summed E-state index contributed by atoms with van der Waals surface area (Å²) in [6.07, 6.45) is 1.43. The van der Waals surface area contributed by atoms with Crippen LogP contribution in [0.5, 0.6) is 0 Å². The Labute approximate surface area is 111 Å². The highest BCUT2D eigenvalue weighted by Crippen LogP contribution is 2.09. The van der Waals surface area contributed by atoms with Gasteiger partial charge in [0, 0.05) is 10.7 Å². The zero-order valence-electron chi connectivity index (χ0n) is 9.30. The first-order chi connectivity index (χ1) is 8.40. The van der Waals surface area contributed by atoms with Gasteiger partial charge < -0.3 is 16.4 Å². The van der Waals surface area contributed by atoms with Crippen LogP contribution in [0.4, 0.5) is 0 Å². The Bertz CT molecular complexity index is 459. The Hall–Kier alpha value is -1.96. The number of amides is 3. The van der Waals surface area contributed by atoms with Crippen molar-refractivity contribution in [3.8, 4) is 0 Å². The second-order valence-electron chi connectivity index (χ2n) is 3.46. The number of hydrogen-bond donors (Lipinski definition) is 2. The van der Waals surface area contributed by atoms with Crippen LogP contribution in [0.25, 0.3) is 0 Å². The Morgan fingerprint density at radius 1 is 1.17 bits per heavy atom. The molecule has 1 heterocycles. The van der Waals surface area contributed by atoms with E-state index in [9.17, 15) is 14.4 Å². The lowest BCUT2D eigenvalue weighted by atomic mass is 10.3. The van der Waals surface area contributed by atoms with Crippen molar-refractivity contribution in [2.75, 3.05) is 13.1 Å². The minimum absolute atomic E-state index is 0.0979. The van der Waals surface area contributed by atoms with Gasteiger partial charge in [-0.25, -0.2) is 4.98 Å². The number of aromatic nitrogens is 1. The van der Waals surface area contributed by atoms with E-state index in [1.807, 2.05) is 0 Å². The van der Waals surface area contributed by atoms with Crippen molar-refractivity contribution in [2.45, 2.75) is 0 Å². The van der Waals surface area contributed by atoms with Crippen molar-refractivity contribution in [2.24, 2.45) is 11.5 Å². The molecule has 4 N–H and O–H groups in total. The number of halogens is 1. The third-order valence-electron chi connectivity index (χ3n) is 1.93. The van der Waals surface area contributed by atoms with Gasteiger partial charge in [-0.2, -0.15) is 0 Å². The molecule has 8 heteroatoms. The first-order valence-electron chi connectivity index (χ1n) is 4.87. The van der Waals surface area contributed by atoms with Crippen molar-refractivity contribution in [1.29, 1.82) is 0 Å². The molecule has 0 aliphatic carbocycles. The van der Waals surface area contributed by atoms with Gasteiger partial charge in [0.1, 0.15) is 18.8 Å². The van der Waals surface area contributed by atoms with Crippen molar-refractivity contribution in [3.63, 3.8) is 0 Å². The van der Waals surface area contributed by atoms with Crippen LogP contribution in [0.2, 0.25) is 0 Å². The Kier molecular flexibility index (Phi) is 4.78. The summed E-state index contributed by atoms with van der Waals surface area (Å²) in [6.45, 7) is -0.779. The zero-order chi connectivity index (χ0) is 13.7. The number of primary amides is 2. The molecule has 0 saturated carbocycles. The van der Waals surface area contributed by atoms with Gasteiger partial charge in [-0.3, -0.25) is 14.4 Å². The second-order valence-corrected chi connectivity index (χ2v) is 4.37. The van der Waals surface area contributed by atoms with E-state index in [-0.39, 0.29) is 18.8 Å². The minimum Gasteiger partial charge on any atom is -0.368 e. The standard InChI is InChI=1S/C10H11BrN4O3/c11-6-1-2-7(14-3-6)10(18)15(4-8(12)16)5-9(13)17/h1-3H,4-5H2,(H2,12,16)(H2,13,17). The monoisotopic (exact) mass is 314 g/mol. The molecule has 0 aromatic carbocycles. The molecule has 1 rings (SSSR count). The fourth-order valence-electron chi connectivity index (χ4n) is 1.24. The summed E-state index contributed by atoms with van der Waals surface area (Å²) in [4.78, 5) is 38.4. The zero-order valence-corrected chi connectivity index (χ0v) is 10.9. The van der Waals surface area contributed by atoms with Crippen molar-refractivity contribution < 1.29 is 14.4 Å². The molecule has 18 heavy (non-hydrogen) atoms. The van der Waals surface area contributed by atoms with Crippen molar-refractivity contribution in [1.82, 2.24) is 9.88 Å². The molecule has 0 saturated heterocycles. The molecule has 96 valence electrons. The first kappa shape index (κ1) is 14.1. The lowest BCUT2D eigenvalue weighted by molar-refractivity contribution is -0.121. The molecule has 7 nitrogen and oxygen atoms in total. The van der Waals surface area contributed by atoms with E-state index in [1.54, 1.807) is 6.07 Å². The molecule has 1 aromatic heterocycles. The summed E-state index contributed by atoms with van der Waals surface area (Å²) >= 11 is 3.18. The van der Waals surface area contributed by atoms with Crippen LogP contribution in [0.1, 0.15) is 10.5 Å². The number of rotatable bonds is 5. The van der Waals surface area contributed by atoms with Gasteiger partial charge in [0.2, 0.25) is 11.8 Å². The first-order valence-corrected chi connectivity index (χ1v) is 5.67. The fourth-order valence-corrected chi connectivity index (χ4v) is 1.47. The van der Waals surface area contributed by atoms with E-state index in [2.05, 4.69) is 20.9 Å². The number of pyridine rings is 1. The summed E-state index contributed by atoms with van der Waals surface area (Å²) in [6, 6.07) is 3.08. The van der Waals surface area contributed by atoms with Crippen LogP contribution in [-0.2, 0) is 9.59 Å². The molecule has 0 bridgehead atoms. The third kappa shape index (κ3) is 4.13. The number of hydrogen-bond acceptors (Lipinski definition) is 4. The molecule has 0 atom stereocenters. The van der Waals surface area contributed by atoms with E-state index >= 15 is 0 Å². The average Bonchev–Trinajstić information content (AvgIpc) is 2.27. The summed E-state index contributed by atoms with van der Waals surface area (Å²) in [5.41, 5.74) is 10.1. The molecule has 0 aliphatic rings. The Morgan fingerprint density at radius 2 is 1.72 bits per heavy atom. The number of nitrogens with zero attached hydrogens (tertiary/aromatic N) is 2. The van der Waals surface area contributed by atoms with E-state index in [0.717, 1.165) is 4.90 Å². The summed E-state index contributed by atoms with van der Waals surface area (Å²) in [5, 5.41) is 0. The summed E-state index contributed by atoms with van der Waals surface area (Å²) < 4.78 is 0.704. The van der Waals surface area contributed by atoms with Gasteiger partial charge in [-0.15, -0.1) is 0 Å². The van der Waals surface area contributed by atoms with Gasteiger partial charge in [-0.1, -0.05) is 0 Å². The molecule has 0 radical (unpaired) electrons. The van der Waals surface area contributed by atoms with Crippen LogP contribution in [-0.4, -0.2) is 40.7 Å². The van der Waals surface area contributed by atoms with Crippen LogP contribution in [0, 0.1) is 0 Å². The fraction of sp³-hybridized carbons (Fsp3) is 0.200. The molecule has 0 unspecified atom stereocenters. The van der Waals surface area contributed by atoms with Gasteiger partial charge in [-0.05, 0) is 28.1 Å². The molecular weight excluding hydrogens is 304 g/mol. The minimum atomic E-state index is -0.735. The molecule has 0 spiro atoms. The number of nitrogens with two attached hydrogens (primary N) is 2. The maximum atomic E-state index is 12.0. The molecule has 3 amide bonds. The highest BCUT2D eigenvalue weighted by atomic mass is 79.9. The highest BCUT2D eigenvalue weighted by molar-refractivity contribution is 9.10. The normalized spacial score (nSPS) is 9.83. The van der Waals surface area contributed by atoms with E-state index in [0.29, 0.717) is 4.47 Å². The smallest absolute Gasteiger partial charge is 0.273 e. The topological polar surface area (TPSA) is 119 Å². The maximum absolute atomic E-state index is 12.0. The van der Waals surface area contributed by atoms with Crippen LogP contribution in [0.15, 0.2) is 22.8 Å². The summed E-state index contributed by atoms with van der Waals surface area (Å²) in [5.74, 6) is -2.05. The van der Waals surface area contributed by atoms with Gasteiger partial charge in [0.05, 0.1) is 0 Å². The number of carbonyl (C=O) groups is 3. The molecule has 0 fully saturated rings. The SMILES string of the molecule is NC(=O)CN(CC(N)=O)C(=O)c1ccc(Br)cn1.